The number of carbonyl (C=O) groups excluding carboxylic acids is 1. The molecular weight excluding hydrogens is 291 g/mol. The van der Waals surface area contributed by atoms with Crippen LogP contribution in [0, 0.1) is 5.82 Å². The number of rotatable bonds is 4. The molecule has 23 heavy (non-hydrogen) atoms. The second-order valence-electron chi connectivity index (χ2n) is 5.50. The van der Waals surface area contributed by atoms with Gasteiger partial charge in [0, 0.05) is 22.8 Å². The molecule has 1 heterocycles. The van der Waals surface area contributed by atoms with Crippen molar-refractivity contribution in [2.75, 3.05) is 5.32 Å². The zero-order valence-electron chi connectivity index (χ0n) is 13.2. The number of H-pyrrole nitrogens is 1. The second-order valence-corrected chi connectivity index (χ2v) is 5.50. The Balaban J connectivity index is 1.98. The van der Waals surface area contributed by atoms with E-state index in [0.717, 1.165) is 35.0 Å². The second kappa shape index (κ2) is 6.24. The zero-order chi connectivity index (χ0) is 16.4. The minimum absolute atomic E-state index is 0.182. The molecule has 0 fully saturated rings. The molecule has 3 aromatic rings. The van der Waals surface area contributed by atoms with Gasteiger partial charge in [-0.2, -0.15) is 0 Å². The van der Waals surface area contributed by atoms with Gasteiger partial charge in [-0.3, -0.25) is 4.79 Å². The molecule has 4 heteroatoms. The van der Waals surface area contributed by atoms with Gasteiger partial charge in [-0.1, -0.05) is 32.0 Å². The van der Waals surface area contributed by atoms with Crippen LogP contribution in [-0.4, -0.2) is 10.9 Å². The maximum Gasteiger partial charge on any atom is 0.257 e. The number of carbonyl (C=O) groups is 1. The fraction of sp³-hybridized carbons (Fsp3) is 0.211. The third kappa shape index (κ3) is 2.84. The number of aromatic amines is 1. The predicted octanol–water partition coefficient (Wildman–Crippen LogP) is 4.68. The Kier molecular flexibility index (Phi) is 4.15. The quantitative estimate of drug-likeness (QED) is 0.722. The molecule has 0 saturated carbocycles. The first kappa shape index (κ1) is 15.3. The summed E-state index contributed by atoms with van der Waals surface area (Å²) in [6.45, 7) is 4.14. The molecule has 0 aliphatic rings. The van der Waals surface area contributed by atoms with Crippen LogP contribution in [0.25, 0.3) is 10.9 Å². The number of aryl methyl sites for hydroxylation is 2. The normalized spacial score (nSPS) is 10.9. The lowest BCUT2D eigenvalue weighted by molar-refractivity contribution is 0.102. The molecular formula is C19H19FN2O. The molecule has 0 spiro atoms. The molecule has 3 nitrogen and oxygen atoms in total. The van der Waals surface area contributed by atoms with Crippen LogP contribution in [0.2, 0.25) is 0 Å². The highest BCUT2D eigenvalue weighted by atomic mass is 19.1. The van der Waals surface area contributed by atoms with Gasteiger partial charge in [0.1, 0.15) is 5.82 Å². The number of benzene rings is 2. The predicted molar refractivity (Wildman–Crippen MR) is 91.4 cm³/mol. The van der Waals surface area contributed by atoms with E-state index in [-0.39, 0.29) is 11.7 Å². The van der Waals surface area contributed by atoms with Crippen molar-refractivity contribution < 1.29 is 9.18 Å². The molecule has 0 aliphatic carbocycles. The fourth-order valence-corrected chi connectivity index (χ4v) is 2.87. The van der Waals surface area contributed by atoms with Crippen LogP contribution in [0.5, 0.6) is 0 Å². The van der Waals surface area contributed by atoms with E-state index in [2.05, 4.69) is 24.1 Å². The summed E-state index contributed by atoms with van der Waals surface area (Å²) in [4.78, 5) is 15.6. The smallest absolute Gasteiger partial charge is 0.257 e. The van der Waals surface area contributed by atoms with Gasteiger partial charge in [-0.15, -0.1) is 0 Å². The van der Waals surface area contributed by atoms with Crippen molar-refractivity contribution in [2.45, 2.75) is 26.7 Å². The van der Waals surface area contributed by atoms with E-state index in [1.807, 2.05) is 18.2 Å². The number of aromatic nitrogens is 1. The lowest BCUT2D eigenvalue weighted by Gasteiger charge is -2.14. The van der Waals surface area contributed by atoms with E-state index in [9.17, 15) is 9.18 Å². The molecule has 3 rings (SSSR count). The Morgan fingerprint density at radius 2 is 1.83 bits per heavy atom. The highest BCUT2D eigenvalue weighted by Crippen LogP contribution is 2.25. The fourth-order valence-electron chi connectivity index (χ4n) is 2.87. The van der Waals surface area contributed by atoms with E-state index in [1.165, 1.54) is 12.1 Å². The average Bonchev–Trinajstić information content (AvgIpc) is 2.97. The van der Waals surface area contributed by atoms with Crippen LogP contribution in [0.4, 0.5) is 10.1 Å². The first-order chi connectivity index (χ1) is 11.1. The molecule has 2 N–H and O–H groups in total. The third-order valence-electron chi connectivity index (χ3n) is 4.13. The van der Waals surface area contributed by atoms with Crippen molar-refractivity contribution in [3.05, 3.63) is 65.1 Å². The summed E-state index contributed by atoms with van der Waals surface area (Å²) in [6.07, 6.45) is 3.32. The monoisotopic (exact) mass is 310 g/mol. The Hall–Kier alpha value is -2.62. The number of fused-ring (bicyclic) bond motifs is 1. The van der Waals surface area contributed by atoms with Crippen LogP contribution < -0.4 is 5.32 Å². The first-order valence-corrected chi connectivity index (χ1v) is 7.82. The van der Waals surface area contributed by atoms with Gasteiger partial charge < -0.3 is 10.3 Å². The first-order valence-electron chi connectivity index (χ1n) is 7.82. The third-order valence-corrected chi connectivity index (χ3v) is 4.13. The van der Waals surface area contributed by atoms with Gasteiger partial charge in [-0.25, -0.2) is 4.39 Å². The Bertz CT molecular complexity index is 845. The van der Waals surface area contributed by atoms with Gasteiger partial charge in [0.15, 0.2) is 0 Å². The number of nitrogens with one attached hydrogen (secondary N) is 2. The van der Waals surface area contributed by atoms with Crippen LogP contribution in [0.3, 0.4) is 0 Å². The van der Waals surface area contributed by atoms with E-state index in [1.54, 1.807) is 12.3 Å². The standard InChI is InChI=1S/C19H19FN2O/c1-3-12-6-5-7-13(4-2)18(12)22-19(23)16-11-21-17-10-14(20)8-9-15(16)17/h5-11,21H,3-4H2,1-2H3,(H,22,23). The average molecular weight is 310 g/mol. The summed E-state index contributed by atoms with van der Waals surface area (Å²) in [5, 5.41) is 3.76. The summed E-state index contributed by atoms with van der Waals surface area (Å²) in [5.74, 6) is -0.505. The summed E-state index contributed by atoms with van der Waals surface area (Å²) in [5.41, 5.74) is 4.26. The molecule has 2 aromatic carbocycles. The number of hydrogen-bond donors (Lipinski definition) is 2. The lowest BCUT2D eigenvalue weighted by atomic mass is 10.0. The van der Waals surface area contributed by atoms with Crippen molar-refractivity contribution in [1.82, 2.24) is 4.98 Å². The van der Waals surface area contributed by atoms with Gasteiger partial charge in [0.25, 0.3) is 5.91 Å². The summed E-state index contributed by atoms with van der Waals surface area (Å²) >= 11 is 0. The van der Waals surface area contributed by atoms with Crippen molar-refractivity contribution in [3.63, 3.8) is 0 Å². The van der Waals surface area contributed by atoms with E-state index in [4.69, 9.17) is 0 Å². The minimum atomic E-state index is -0.323. The highest BCUT2D eigenvalue weighted by Gasteiger charge is 2.15. The van der Waals surface area contributed by atoms with E-state index >= 15 is 0 Å². The number of anilines is 1. The van der Waals surface area contributed by atoms with Gasteiger partial charge >= 0.3 is 0 Å². The maximum absolute atomic E-state index is 13.3. The van der Waals surface area contributed by atoms with Gasteiger partial charge in [0.05, 0.1) is 5.56 Å². The maximum atomic E-state index is 13.3. The molecule has 0 saturated heterocycles. The molecule has 0 aliphatic heterocycles. The largest absolute Gasteiger partial charge is 0.360 e. The Morgan fingerprint density at radius 1 is 1.13 bits per heavy atom. The SMILES string of the molecule is CCc1cccc(CC)c1NC(=O)c1c[nH]c2cc(F)ccc12. The molecule has 0 unspecified atom stereocenters. The number of para-hydroxylation sites is 1. The molecule has 118 valence electrons. The molecule has 0 bridgehead atoms. The van der Waals surface area contributed by atoms with E-state index in [0.29, 0.717) is 11.1 Å². The molecule has 0 atom stereocenters. The summed E-state index contributed by atoms with van der Waals surface area (Å²) in [7, 11) is 0. The lowest BCUT2D eigenvalue weighted by Crippen LogP contribution is -2.14. The highest BCUT2D eigenvalue weighted by molar-refractivity contribution is 6.13. The van der Waals surface area contributed by atoms with Gasteiger partial charge in [-0.05, 0) is 42.2 Å². The van der Waals surface area contributed by atoms with Crippen molar-refractivity contribution in [3.8, 4) is 0 Å². The van der Waals surface area contributed by atoms with Crippen molar-refractivity contribution >= 4 is 22.5 Å². The van der Waals surface area contributed by atoms with E-state index < -0.39 is 0 Å². The Morgan fingerprint density at radius 3 is 2.48 bits per heavy atom. The van der Waals surface area contributed by atoms with Crippen LogP contribution >= 0.6 is 0 Å². The van der Waals surface area contributed by atoms with Crippen LogP contribution in [0.15, 0.2) is 42.6 Å². The molecule has 0 radical (unpaired) electrons. The Labute approximate surface area is 134 Å². The number of hydrogen-bond acceptors (Lipinski definition) is 1. The molecule has 1 aromatic heterocycles. The van der Waals surface area contributed by atoms with Crippen LogP contribution in [0.1, 0.15) is 35.3 Å². The van der Waals surface area contributed by atoms with Gasteiger partial charge in [0.2, 0.25) is 0 Å². The van der Waals surface area contributed by atoms with Crippen molar-refractivity contribution in [1.29, 1.82) is 0 Å². The summed E-state index contributed by atoms with van der Waals surface area (Å²) in [6, 6.07) is 10.5. The zero-order valence-corrected chi connectivity index (χ0v) is 13.2. The van der Waals surface area contributed by atoms with Crippen LogP contribution in [-0.2, 0) is 12.8 Å². The minimum Gasteiger partial charge on any atom is -0.360 e. The topological polar surface area (TPSA) is 44.9 Å². The summed E-state index contributed by atoms with van der Waals surface area (Å²) < 4.78 is 13.3. The molecule has 1 amide bonds. The van der Waals surface area contributed by atoms with Crippen molar-refractivity contribution in [2.24, 2.45) is 0 Å². The number of amides is 1. The number of halogens is 1.